The third-order valence-corrected chi connectivity index (χ3v) is 5.13. The van der Waals surface area contributed by atoms with Gasteiger partial charge < -0.3 is 10.6 Å². The number of hydrogen-bond acceptors (Lipinski definition) is 4. The molecule has 2 rings (SSSR count). The van der Waals surface area contributed by atoms with Crippen molar-refractivity contribution in [2.75, 3.05) is 18.4 Å². The lowest BCUT2D eigenvalue weighted by Gasteiger charge is -2.13. The molecule has 0 radical (unpaired) electrons. The zero-order chi connectivity index (χ0) is 20.4. The Hall–Kier alpha value is -2.17. The van der Waals surface area contributed by atoms with Crippen molar-refractivity contribution in [2.24, 2.45) is 0 Å². The second-order valence-electron chi connectivity index (χ2n) is 7.65. The highest BCUT2D eigenvalue weighted by Crippen LogP contribution is 2.21. The van der Waals surface area contributed by atoms with Gasteiger partial charge >= 0.3 is 0 Å². The molecule has 5 nitrogen and oxygen atoms in total. The van der Waals surface area contributed by atoms with Crippen LogP contribution in [0.1, 0.15) is 86.8 Å². The maximum Gasteiger partial charge on any atom is 0.273 e. The molecule has 0 aliphatic rings. The van der Waals surface area contributed by atoms with Gasteiger partial charge in [-0.1, -0.05) is 52.4 Å². The normalized spacial score (nSPS) is 11.0. The Labute approximate surface area is 169 Å². The summed E-state index contributed by atoms with van der Waals surface area (Å²) in [6.07, 6.45) is 9.22. The van der Waals surface area contributed by atoms with E-state index in [1.807, 2.05) is 12.1 Å². The van der Waals surface area contributed by atoms with Gasteiger partial charge in [0.25, 0.3) is 5.91 Å². The van der Waals surface area contributed by atoms with Crippen molar-refractivity contribution < 1.29 is 4.79 Å². The number of hydrogen-bond donors (Lipinski definition) is 2. The van der Waals surface area contributed by atoms with Crippen molar-refractivity contribution in [3.63, 3.8) is 0 Å². The van der Waals surface area contributed by atoms with Crippen molar-refractivity contribution in [2.45, 2.75) is 79.1 Å². The molecule has 1 aromatic carbocycles. The van der Waals surface area contributed by atoms with E-state index in [1.54, 1.807) is 0 Å². The molecule has 0 aliphatic heterocycles. The lowest BCUT2D eigenvalue weighted by atomic mass is 10.1. The average molecular weight is 385 g/mol. The van der Waals surface area contributed by atoms with Crippen LogP contribution in [0.15, 0.2) is 12.1 Å². The second-order valence-corrected chi connectivity index (χ2v) is 7.65. The Balaban J connectivity index is 2.17. The van der Waals surface area contributed by atoms with Crippen LogP contribution < -0.4 is 10.6 Å². The molecule has 0 aliphatic carbocycles. The number of unbranched alkanes of at least 4 members (excludes halogenated alkanes) is 6. The first-order valence-corrected chi connectivity index (χ1v) is 10.9. The summed E-state index contributed by atoms with van der Waals surface area (Å²) in [6.45, 7) is 10.0. The van der Waals surface area contributed by atoms with E-state index in [2.05, 4.69) is 43.3 Å². The van der Waals surface area contributed by atoms with Crippen LogP contribution in [0.4, 0.5) is 5.82 Å². The van der Waals surface area contributed by atoms with Gasteiger partial charge in [0.05, 0.1) is 11.0 Å². The number of rotatable bonds is 12. The number of carbonyl (C=O) groups excluding carboxylic acids is 1. The first-order chi connectivity index (χ1) is 13.6. The molecule has 1 aromatic heterocycles. The van der Waals surface area contributed by atoms with Gasteiger partial charge in [-0.05, 0) is 49.9 Å². The Morgan fingerprint density at radius 3 is 2.00 bits per heavy atom. The highest BCUT2D eigenvalue weighted by atomic mass is 16.1. The molecule has 1 amide bonds. The van der Waals surface area contributed by atoms with Gasteiger partial charge in [0.1, 0.15) is 0 Å². The number of anilines is 1. The van der Waals surface area contributed by atoms with Crippen LogP contribution >= 0.6 is 0 Å². The van der Waals surface area contributed by atoms with Crippen LogP contribution in [-0.4, -0.2) is 29.0 Å². The monoisotopic (exact) mass is 384 g/mol. The fraction of sp³-hybridized carbons (Fsp3) is 0.609. The Kier molecular flexibility index (Phi) is 9.18. The summed E-state index contributed by atoms with van der Waals surface area (Å²) in [4.78, 5) is 22.2. The number of benzene rings is 1. The molecule has 2 N–H and O–H groups in total. The standard InChI is InChI=1S/C23H36N4O/c1-5-7-9-11-13-24-22-21(23(28)25-14-12-10-8-6-2)26-19-15-17(3)18(4)16-20(19)27-22/h15-16H,5-14H2,1-4H3,(H,24,27)(H,25,28). The van der Waals surface area contributed by atoms with Gasteiger partial charge in [0.2, 0.25) is 0 Å². The maximum absolute atomic E-state index is 12.8. The van der Waals surface area contributed by atoms with E-state index in [4.69, 9.17) is 4.98 Å². The minimum Gasteiger partial charge on any atom is -0.368 e. The van der Waals surface area contributed by atoms with Crippen LogP contribution in [0.5, 0.6) is 0 Å². The van der Waals surface area contributed by atoms with E-state index in [9.17, 15) is 4.79 Å². The second kappa shape index (κ2) is 11.6. The van der Waals surface area contributed by atoms with E-state index >= 15 is 0 Å². The molecular formula is C23H36N4O. The van der Waals surface area contributed by atoms with Crippen LogP contribution in [0.2, 0.25) is 0 Å². The van der Waals surface area contributed by atoms with E-state index in [1.165, 1.54) is 37.7 Å². The number of fused-ring (bicyclic) bond motifs is 1. The molecule has 2 aromatic rings. The van der Waals surface area contributed by atoms with Gasteiger partial charge in [-0.15, -0.1) is 0 Å². The summed E-state index contributed by atoms with van der Waals surface area (Å²) < 4.78 is 0. The molecule has 154 valence electrons. The minimum absolute atomic E-state index is 0.139. The van der Waals surface area contributed by atoms with E-state index in [-0.39, 0.29) is 5.91 Å². The fourth-order valence-electron chi connectivity index (χ4n) is 3.19. The lowest BCUT2D eigenvalue weighted by molar-refractivity contribution is 0.0949. The van der Waals surface area contributed by atoms with Crippen LogP contribution in [-0.2, 0) is 0 Å². The number of aryl methyl sites for hydroxylation is 2. The van der Waals surface area contributed by atoms with Crippen molar-refractivity contribution in [1.29, 1.82) is 0 Å². The summed E-state index contributed by atoms with van der Waals surface area (Å²) >= 11 is 0. The topological polar surface area (TPSA) is 66.9 Å². The van der Waals surface area contributed by atoms with E-state index < -0.39 is 0 Å². The maximum atomic E-state index is 12.8. The fourth-order valence-corrected chi connectivity index (χ4v) is 3.19. The van der Waals surface area contributed by atoms with E-state index in [0.717, 1.165) is 42.4 Å². The molecule has 0 fully saturated rings. The molecule has 5 heteroatoms. The molecule has 0 atom stereocenters. The van der Waals surface area contributed by atoms with Crippen LogP contribution in [0, 0.1) is 13.8 Å². The molecule has 0 unspecified atom stereocenters. The third-order valence-electron chi connectivity index (χ3n) is 5.13. The Morgan fingerprint density at radius 1 is 0.821 bits per heavy atom. The lowest BCUT2D eigenvalue weighted by Crippen LogP contribution is -2.27. The highest BCUT2D eigenvalue weighted by Gasteiger charge is 2.16. The summed E-state index contributed by atoms with van der Waals surface area (Å²) in [5, 5.41) is 6.37. The van der Waals surface area contributed by atoms with Crippen molar-refractivity contribution >= 4 is 22.8 Å². The summed E-state index contributed by atoms with van der Waals surface area (Å²) in [6, 6.07) is 4.06. The third kappa shape index (κ3) is 6.47. The zero-order valence-electron chi connectivity index (χ0n) is 18.0. The van der Waals surface area contributed by atoms with Crippen LogP contribution in [0.25, 0.3) is 11.0 Å². The number of nitrogens with zero attached hydrogens (tertiary/aromatic N) is 2. The summed E-state index contributed by atoms with van der Waals surface area (Å²) in [5.74, 6) is 0.457. The molecule has 0 bridgehead atoms. The van der Waals surface area contributed by atoms with Gasteiger partial charge in [0, 0.05) is 13.1 Å². The largest absolute Gasteiger partial charge is 0.368 e. The van der Waals surface area contributed by atoms with Gasteiger partial charge in [-0.2, -0.15) is 0 Å². The molecule has 1 heterocycles. The van der Waals surface area contributed by atoms with Gasteiger partial charge in [0.15, 0.2) is 11.5 Å². The van der Waals surface area contributed by atoms with Gasteiger partial charge in [-0.25, -0.2) is 9.97 Å². The number of amides is 1. The first kappa shape index (κ1) is 22.1. The Bertz CT molecular complexity index is 773. The predicted octanol–water partition coefficient (Wildman–Crippen LogP) is 5.55. The SMILES string of the molecule is CCCCCCNC(=O)c1nc2cc(C)c(C)cc2nc1NCCCCCC. The predicted molar refractivity (Wildman–Crippen MR) is 118 cm³/mol. The van der Waals surface area contributed by atoms with E-state index in [0.29, 0.717) is 18.1 Å². The minimum atomic E-state index is -0.139. The molecular weight excluding hydrogens is 348 g/mol. The molecule has 28 heavy (non-hydrogen) atoms. The first-order valence-electron chi connectivity index (χ1n) is 10.9. The van der Waals surface area contributed by atoms with Crippen molar-refractivity contribution in [3.8, 4) is 0 Å². The number of nitrogens with one attached hydrogen (secondary N) is 2. The molecule has 0 saturated heterocycles. The summed E-state index contributed by atoms with van der Waals surface area (Å²) in [5.41, 5.74) is 4.35. The quantitative estimate of drug-likeness (QED) is 0.471. The van der Waals surface area contributed by atoms with Crippen molar-refractivity contribution in [3.05, 3.63) is 29.0 Å². The smallest absolute Gasteiger partial charge is 0.273 e. The zero-order valence-corrected chi connectivity index (χ0v) is 18.0. The van der Waals surface area contributed by atoms with Gasteiger partial charge in [-0.3, -0.25) is 4.79 Å². The Morgan fingerprint density at radius 2 is 1.39 bits per heavy atom. The molecule has 0 spiro atoms. The number of aromatic nitrogens is 2. The summed E-state index contributed by atoms with van der Waals surface area (Å²) in [7, 11) is 0. The van der Waals surface area contributed by atoms with Crippen LogP contribution in [0.3, 0.4) is 0 Å². The average Bonchev–Trinajstić information content (AvgIpc) is 2.68. The van der Waals surface area contributed by atoms with Crippen molar-refractivity contribution in [1.82, 2.24) is 15.3 Å². The molecule has 0 saturated carbocycles. The number of carbonyl (C=O) groups is 1. The highest BCUT2D eigenvalue weighted by molar-refractivity contribution is 5.99.